The zero-order valence-corrected chi connectivity index (χ0v) is 9.97. The van der Waals surface area contributed by atoms with Crippen LogP contribution in [0.25, 0.3) is 0 Å². The Morgan fingerprint density at radius 3 is 2.75 bits per heavy atom. The normalized spacial score (nSPS) is 11.2. The average molecular weight is 261 g/mol. The summed E-state index contributed by atoms with van der Waals surface area (Å²) < 4.78 is 25.6. The topological polar surface area (TPSA) is 83.5 Å². The van der Waals surface area contributed by atoms with E-state index in [2.05, 4.69) is 11.3 Å². The van der Waals surface area contributed by atoms with Crippen molar-refractivity contribution >= 4 is 27.3 Å². The zero-order chi connectivity index (χ0) is 12.2. The molecule has 16 heavy (non-hydrogen) atoms. The second kappa shape index (κ2) is 5.24. The van der Waals surface area contributed by atoms with Gasteiger partial charge in [-0.1, -0.05) is 6.08 Å². The van der Waals surface area contributed by atoms with Crippen LogP contribution in [-0.4, -0.2) is 26.0 Å². The van der Waals surface area contributed by atoms with Gasteiger partial charge in [-0.3, -0.25) is 0 Å². The van der Waals surface area contributed by atoms with Crippen molar-refractivity contribution in [2.45, 2.75) is 10.6 Å². The number of thiophene rings is 1. The van der Waals surface area contributed by atoms with E-state index in [0.29, 0.717) is 6.42 Å². The van der Waals surface area contributed by atoms with E-state index in [1.165, 1.54) is 12.1 Å². The van der Waals surface area contributed by atoms with Gasteiger partial charge in [0.05, 0.1) is 0 Å². The first kappa shape index (κ1) is 12.9. The summed E-state index contributed by atoms with van der Waals surface area (Å²) in [4.78, 5) is 10.6. The summed E-state index contributed by atoms with van der Waals surface area (Å²) in [5.74, 6) is -1.13. The monoisotopic (exact) mass is 261 g/mol. The largest absolute Gasteiger partial charge is 0.477 e. The minimum absolute atomic E-state index is 0.00379. The molecular formula is C9H11NO4S2. The van der Waals surface area contributed by atoms with Crippen LogP contribution in [0.15, 0.2) is 29.0 Å². The van der Waals surface area contributed by atoms with Gasteiger partial charge in [-0.05, 0) is 18.6 Å². The van der Waals surface area contributed by atoms with Crippen molar-refractivity contribution in [3.05, 3.63) is 29.7 Å². The van der Waals surface area contributed by atoms with Gasteiger partial charge in [-0.15, -0.1) is 17.9 Å². The Kier molecular flexibility index (Phi) is 4.22. The Labute approximate surface area is 97.5 Å². The summed E-state index contributed by atoms with van der Waals surface area (Å²) in [5, 5.41) is 8.66. The number of hydrogen-bond acceptors (Lipinski definition) is 4. The highest BCUT2D eigenvalue weighted by Gasteiger charge is 2.17. The van der Waals surface area contributed by atoms with Crippen LogP contribution in [0.4, 0.5) is 0 Å². The van der Waals surface area contributed by atoms with Crippen LogP contribution in [0.3, 0.4) is 0 Å². The number of carboxylic acid groups (broad SMARTS) is 1. The van der Waals surface area contributed by atoms with Crippen molar-refractivity contribution in [3.63, 3.8) is 0 Å². The van der Waals surface area contributed by atoms with Crippen molar-refractivity contribution in [3.8, 4) is 0 Å². The molecule has 1 aromatic heterocycles. The Morgan fingerprint density at radius 2 is 2.25 bits per heavy atom. The fourth-order valence-corrected chi connectivity index (χ4v) is 3.18. The lowest BCUT2D eigenvalue weighted by atomic mass is 10.4. The second-order valence-corrected chi connectivity index (χ2v) is 5.98. The van der Waals surface area contributed by atoms with Gasteiger partial charge in [0.25, 0.3) is 0 Å². The molecule has 88 valence electrons. The molecule has 0 aliphatic heterocycles. The maximum atomic E-state index is 11.6. The van der Waals surface area contributed by atoms with Crippen molar-refractivity contribution in [2.24, 2.45) is 0 Å². The van der Waals surface area contributed by atoms with Gasteiger partial charge >= 0.3 is 5.97 Å². The molecule has 0 saturated heterocycles. The molecule has 1 heterocycles. The van der Waals surface area contributed by atoms with Gasteiger partial charge in [0.1, 0.15) is 9.09 Å². The highest BCUT2D eigenvalue weighted by molar-refractivity contribution is 7.91. The van der Waals surface area contributed by atoms with Gasteiger partial charge in [-0.2, -0.15) is 0 Å². The molecule has 0 atom stereocenters. The van der Waals surface area contributed by atoms with E-state index in [9.17, 15) is 13.2 Å². The van der Waals surface area contributed by atoms with Gasteiger partial charge in [-0.25, -0.2) is 17.9 Å². The number of rotatable bonds is 6. The van der Waals surface area contributed by atoms with Crippen molar-refractivity contribution in [2.75, 3.05) is 6.54 Å². The summed E-state index contributed by atoms with van der Waals surface area (Å²) in [7, 11) is -3.59. The van der Waals surface area contributed by atoms with Crippen LogP contribution in [0.2, 0.25) is 0 Å². The van der Waals surface area contributed by atoms with E-state index in [-0.39, 0.29) is 15.6 Å². The highest BCUT2D eigenvalue weighted by atomic mass is 32.2. The minimum Gasteiger partial charge on any atom is -0.477 e. The molecule has 7 heteroatoms. The summed E-state index contributed by atoms with van der Waals surface area (Å²) >= 11 is 0.730. The Morgan fingerprint density at radius 1 is 1.56 bits per heavy atom. The first-order valence-corrected chi connectivity index (χ1v) is 6.71. The van der Waals surface area contributed by atoms with Crippen LogP contribution in [0.5, 0.6) is 0 Å². The molecule has 0 unspecified atom stereocenters. The molecule has 1 aromatic rings. The van der Waals surface area contributed by atoms with E-state index in [1.807, 2.05) is 0 Å². The molecule has 0 radical (unpaired) electrons. The molecule has 0 spiro atoms. The summed E-state index contributed by atoms with van der Waals surface area (Å²) in [5.41, 5.74) is 0. The first-order valence-electron chi connectivity index (χ1n) is 4.41. The fourth-order valence-electron chi connectivity index (χ4n) is 0.946. The van der Waals surface area contributed by atoms with E-state index in [4.69, 9.17) is 5.11 Å². The van der Waals surface area contributed by atoms with E-state index < -0.39 is 16.0 Å². The van der Waals surface area contributed by atoms with Crippen LogP contribution in [0.1, 0.15) is 16.1 Å². The first-order chi connectivity index (χ1) is 7.47. The predicted molar refractivity (Wildman–Crippen MR) is 61.3 cm³/mol. The van der Waals surface area contributed by atoms with Gasteiger partial charge in [0.15, 0.2) is 0 Å². The molecule has 0 aliphatic carbocycles. The quantitative estimate of drug-likeness (QED) is 0.597. The SMILES string of the molecule is C=CCCNS(=O)(=O)c1ccc(C(=O)O)s1. The number of nitrogens with one attached hydrogen (secondary N) is 1. The second-order valence-electron chi connectivity index (χ2n) is 2.90. The third-order valence-electron chi connectivity index (χ3n) is 1.70. The zero-order valence-electron chi connectivity index (χ0n) is 8.34. The number of aromatic carboxylic acids is 1. The van der Waals surface area contributed by atoms with Crippen molar-refractivity contribution in [1.82, 2.24) is 4.72 Å². The maximum absolute atomic E-state index is 11.6. The van der Waals surface area contributed by atoms with Crippen LogP contribution in [0, 0.1) is 0 Å². The lowest BCUT2D eigenvalue weighted by Crippen LogP contribution is -2.23. The molecule has 0 aliphatic rings. The Bertz CT molecular complexity index is 489. The number of carbonyl (C=O) groups is 1. The summed E-state index contributed by atoms with van der Waals surface area (Å²) in [6.07, 6.45) is 2.12. The maximum Gasteiger partial charge on any atom is 0.345 e. The van der Waals surface area contributed by atoms with Crippen LogP contribution in [-0.2, 0) is 10.0 Å². The molecule has 0 bridgehead atoms. The predicted octanol–water partition coefficient (Wildman–Crippen LogP) is 1.30. The molecule has 0 fully saturated rings. The van der Waals surface area contributed by atoms with E-state index in [1.54, 1.807) is 6.08 Å². The number of hydrogen-bond donors (Lipinski definition) is 2. The van der Waals surface area contributed by atoms with Crippen molar-refractivity contribution in [1.29, 1.82) is 0 Å². The molecule has 0 saturated carbocycles. The summed E-state index contributed by atoms with van der Waals surface area (Å²) in [6.45, 7) is 3.73. The standard InChI is InChI=1S/C9H11NO4S2/c1-2-3-6-10-16(13,14)8-5-4-7(15-8)9(11)12/h2,4-5,10H,1,3,6H2,(H,11,12). The molecular weight excluding hydrogens is 250 g/mol. The number of carboxylic acids is 1. The highest BCUT2D eigenvalue weighted by Crippen LogP contribution is 2.21. The fraction of sp³-hybridized carbons (Fsp3) is 0.222. The van der Waals surface area contributed by atoms with E-state index >= 15 is 0 Å². The molecule has 5 nitrogen and oxygen atoms in total. The smallest absolute Gasteiger partial charge is 0.345 e. The Balaban J connectivity index is 2.81. The molecule has 0 amide bonds. The minimum atomic E-state index is -3.59. The van der Waals surface area contributed by atoms with E-state index in [0.717, 1.165) is 11.3 Å². The third-order valence-corrected chi connectivity index (χ3v) is 4.72. The van der Waals surface area contributed by atoms with Gasteiger partial charge < -0.3 is 5.11 Å². The lowest BCUT2D eigenvalue weighted by molar-refractivity contribution is 0.0702. The van der Waals surface area contributed by atoms with Crippen LogP contribution < -0.4 is 4.72 Å². The van der Waals surface area contributed by atoms with Crippen molar-refractivity contribution < 1.29 is 18.3 Å². The molecule has 2 N–H and O–H groups in total. The van der Waals surface area contributed by atoms with Gasteiger partial charge in [0.2, 0.25) is 10.0 Å². The van der Waals surface area contributed by atoms with Crippen LogP contribution >= 0.6 is 11.3 Å². The molecule has 0 aromatic carbocycles. The van der Waals surface area contributed by atoms with Gasteiger partial charge in [0, 0.05) is 6.54 Å². The number of sulfonamides is 1. The summed E-state index contributed by atoms with van der Waals surface area (Å²) in [6, 6.07) is 2.55. The lowest BCUT2D eigenvalue weighted by Gasteiger charge is -2.01. The average Bonchev–Trinajstić information content (AvgIpc) is 2.67. The molecule has 1 rings (SSSR count). The third kappa shape index (κ3) is 3.16. The Hall–Kier alpha value is -1.18.